The Balaban J connectivity index is 0.000000279. The number of rotatable bonds is 4. The van der Waals surface area contributed by atoms with Gasteiger partial charge in [0.15, 0.2) is 11.5 Å². The fraction of sp³-hybridized carbons (Fsp3) is 0.350. The number of carboxylic acids is 1. The molecular weight excluding hydrogens is 346 g/mol. The lowest BCUT2D eigenvalue weighted by atomic mass is 9.93. The maximum absolute atomic E-state index is 10.0. The van der Waals surface area contributed by atoms with E-state index in [9.17, 15) is 9.90 Å². The van der Waals surface area contributed by atoms with Gasteiger partial charge < -0.3 is 20.7 Å². The average Bonchev–Trinajstić information content (AvgIpc) is 2.67. The molecule has 1 aromatic heterocycles. The third-order valence-corrected chi connectivity index (χ3v) is 4.27. The molecule has 3 rings (SSSR count). The van der Waals surface area contributed by atoms with Gasteiger partial charge in [-0.15, -0.1) is 0 Å². The van der Waals surface area contributed by atoms with Crippen LogP contribution in [0.15, 0.2) is 41.7 Å². The zero-order valence-corrected chi connectivity index (χ0v) is 15.7. The predicted octanol–water partition coefficient (Wildman–Crippen LogP) is 2.24. The van der Waals surface area contributed by atoms with Gasteiger partial charge in [-0.2, -0.15) is 0 Å². The topological polar surface area (TPSA) is 118 Å². The van der Waals surface area contributed by atoms with E-state index in [2.05, 4.69) is 9.98 Å². The van der Waals surface area contributed by atoms with E-state index >= 15 is 0 Å². The number of aromatic hydroxyl groups is 1. The molecule has 4 N–H and O–H groups in total. The smallest absolute Gasteiger partial charge is 0.320 e. The third-order valence-electron chi connectivity index (χ3n) is 4.27. The summed E-state index contributed by atoms with van der Waals surface area (Å²) in [7, 11) is 1.55. The minimum atomic E-state index is -0.931. The molecule has 0 aliphatic carbocycles. The average molecular weight is 371 g/mol. The number of hydrogen-bond acceptors (Lipinski definition) is 6. The highest BCUT2D eigenvalue weighted by molar-refractivity contribution is 6.14. The first kappa shape index (κ1) is 20.4. The molecule has 0 fully saturated rings. The number of hydrogen-bond donors (Lipinski definition) is 3. The SMILES string of the molecule is CC(C)[C@H](N)C(=O)O.COc1cc2c(cc1O)CCN=C2c1ccncc1. The van der Waals surface area contributed by atoms with Crippen LogP contribution in [0.3, 0.4) is 0 Å². The second kappa shape index (κ2) is 9.14. The van der Waals surface area contributed by atoms with Crippen LogP contribution in [-0.4, -0.2) is 46.6 Å². The Labute approximate surface area is 158 Å². The summed E-state index contributed by atoms with van der Waals surface area (Å²) in [5.41, 5.74) is 9.24. The molecule has 1 aliphatic heterocycles. The number of phenols is 1. The number of phenolic OH excluding ortho intramolecular Hbond substituents is 1. The number of aliphatic imine (C=N–C) groups is 1. The van der Waals surface area contributed by atoms with Crippen molar-refractivity contribution in [2.45, 2.75) is 26.3 Å². The van der Waals surface area contributed by atoms with E-state index in [0.717, 1.165) is 35.4 Å². The zero-order valence-electron chi connectivity index (χ0n) is 15.7. The van der Waals surface area contributed by atoms with Gasteiger partial charge in [0, 0.05) is 30.1 Å². The molecule has 0 radical (unpaired) electrons. The Bertz CT molecular complexity index is 819. The molecule has 0 bridgehead atoms. The van der Waals surface area contributed by atoms with Crippen LogP contribution in [0.5, 0.6) is 11.5 Å². The monoisotopic (exact) mass is 371 g/mol. The highest BCUT2D eigenvalue weighted by Gasteiger charge is 2.18. The van der Waals surface area contributed by atoms with Crippen LogP contribution >= 0.6 is 0 Å². The Morgan fingerprint density at radius 1 is 1.26 bits per heavy atom. The predicted molar refractivity (Wildman–Crippen MR) is 104 cm³/mol. The number of pyridine rings is 1. The van der Waals surface area contributed by atoms with Crippen molar-refractivity contribution in [1.29, 1.82) is 0 Å². The first-order valence-corrected chi connectivity index (χ1v) is 8.68. The van der Waals surface area contributed by atoms with Crippen LogP contribution in [0.1, 0.15) is 30.5 Å². The summed E-state index contributed by atoms with van der Waals surface area (Å²) < 4.78 is 5.18. The van der Waals surface area contributed by atoms with Gasteiger partial charge in [0.05, 0.1) is 12.8 Å². The number of aliphatic carboxylic acids is 1. The molecule has 0 saturated carbocycles. The number of nitrogens with zero attached hydrogens (tertiary/aromatic N) is 2. The maximum Gasteiger partial charge on any atom is 0.320 e. The number of benzene rings is 1. The van der Waals surface area contributed by atoms with Crippen LogP contribution in [-0.2, 0) is 11.2 Å². The molecular formula is C20H25N3O4. The molecule has 2 heterocycles. The summed E-state index contributed by atoms with van der Waals surface area (Å²) in [5, 5.41) is 18.1. The van der Waals surface area contributed by atoms with Crippen LogP contribution in [0, 0.1) is 5.92 Å². The number of ether oxygens (including phenoxy) is 1. The van der Waals surface area contributed by atoms with Gasteiger partial charge in [-0.1, -0.05) is 13.8 Å². The Kier molecular flexibility index (Phi) is 6.90. The van der Waals surface area contributed by atoms with Crippen LogP contribution in [0.25, 0.3) is 0 Å². The molecule has 0 spiro atoms. The van der Waals surface area contributed by atoms with Gasteiger partial charge >= 0.3 is 5.97 Å². The molecule has 1 aromatic carbocycles. The summed E-state index contributed by atoms with van der Waals surface area (Å²) in [6.45, 7) is 4.29. The highest BCUT2D eigenvalue weighted by atomic mass is 16.5. The van der Waals surface area contributed by atoms with E-state index in [1.807, 2.05) is 18.2 Å². The summed E-state index contributed by atoms with van der Waals surface area (Å²) in [6, 6.07) is 6.78. The van der Waals surface area contributed by atoms with Gasteiger partial charge in [0.1, 0.15) is 6.04 Å². The van der Waals surface area contributed by atoms with Gasteiger partial charge in [0.25, 0.3) is 0 Å². The second-order valence-corrected chi connectivity index (χ2v) is 6.51. The van der Waals surface area contributed by atoms with E-state index in [1.54, 1.807) is 39.4 Å². The van der Waals surface area contributed by atoms with Crippen LogP contribution < -0.4 is 10.5 Å². The quantitative estimate of drug-likeness (QED) is 0.758. The van der Waals surface area contributed by atoms with Crippen molar-refractivity contribution < 1.29 is 19.7 Å². The summed E-state index contributed by atoms with van der Waals surface area (Å²) in [6.07, 6.45) is 4.34. The second-order valence-electron chi connectivity index (χ2n) is 6.51. The fourth-order valence-corrected chi connectivity index (χ4v) is 2.62. The normalized spacial score (nSPS) is 13.7. The lowest BCUT2D eigenvalue weighted by Crippen LogP contribution is -2.34. The fourth-order valence-electron chi connectivity index (χ4n) is 2.62. The Hall–Kier alpha value is -2.93. The number of carboxylic acid groups (broad SMARTS) is 1. The van der Waals surface area contributed by atoms with E-state index < -0.39 is 12.0 Å². The zero-order chi connectivity index (χ0) is 20.0. The van der Waals surface area contributed by atoms with Crippen molar-refractivity contribution in [2.75, 3.05) is 13.7 Å². The van der Waals surface area contributed by atoms with Crippen LogP contribution in [0.4, 0.5) is 0 Å². The number of nitrogens with two attached hydrogens (primary N) is 1. The van der Waals surface area contributed by atoms with Gasteiger partial charge in [-0.3, -0.25) is 14.8 Å². The van der Waals surface area contributed by atoms with Gasteiger partial charge in [-0.25, -0.2) is 0 Å². The standard InChI is InChI=1S/C15H14N2O2.C5H11NO2/c1-19-14-9-12-11(8-13(14)18)4-7-17-15(12)10-2-5-16-6-3-10;1-3(2)4(6)5(7)8/h2-3,5-6,8-9,18H,4,7H2,1H3;3-4H,6H2,1-2H3,(H,7,8)/t;4-/m.0/s1. The number of carbonyl (C=O) groups is 1. The minimum absolute atomic E-state index is 0.0208. The molecule has 2 aromatic rings. The molecule has 1 atom stereocenters. The van der Waals surface area contributed by atoms with E-state index in [0.29, 0.717) is 5.75 Å². The van der Waals surface area contributed by atoms with Gasteiger partial charge in [0.2, 0.25) is 0 Å². The molecule has 0 amide bonds. The van der Waals surface area contributed by atoms with Crippen molar-refractivity contribution in [3.63, 3.8) is 0 Å². The van der Waals surface area contributed by atoms with Crippen molar-refractivity contribution in [2.24, 2.45) is 16.6 Å². The van der Waals surface area contributed by atoms with Crippen molar-refractivity contribution in [3.05, 3.63) is 53.3 Å². The number of aromatic nitrogens is 1. The first-order chi connectivity index (χ1) is 12.8. The third kappa shape index (κ3) is 5.04. The molecule has 7 heteroatoms. The van der Waals surface area contributed by atoms with E-state index in [1.165, 1.54) is 0 Å². The summed E-state index contributed by atoms with van der Waals surface area (Å²) >= 11 is 0. The molecule has 0 saturated heterocycles. The lowest BCUT2D eigenvalue weighted by Gasteiger charge is -2.18. The summed E-state index contributed by atoms with van der Waals surface area (Å²) in [4.78, 5) is 18.6. The number of fused-ring (bicyclic) bond motifs is 1. The van der Waals surface area contributed by atoms with Crippen LogP contribution in [0.2, 0.25) is 0 Å². The molecule has 27 heavy (non-hydrogen) atoms. The highest BCUT2D eigenvalue weighted by Crippen LogP contribution is 2.32. The Morgan fingerprint density at radius 3 is 2.44 bits per heavy atom. The van der Waals surface area contributed by atoms with Crippen molar-refractivity contribution >= 4 is 11.7 Å². The molecule has 144 valence electrons. The van der Waals surface area contributed by atoms with Crippen molar-refractivity contribution in [1.82, 2.24) is 4.98 Å². The number of methoxy groups -OCH3 is 1. The van der Waals surface area contributed by atoms with Crippen molar-refractivity contribution in [3.8, 4) is 11.5 Å². The molecule has 1 aliphatic rings. The summed E-state index contributed by atoms with van der Waals surface area (Å²) in [5.74, 6) is -0.257. The minimum Gasteiger partial charge on any atom is -0.504 e. The largest absolute Gasteiger partial charge is 0.504 e. The molecule has 7 nitrogen and oxygen atoms in total. The van der Waals surface area contributed by atoms with E-state index in [4.69, 9.17) is 15.6 Å². The maximum atomic E-state index is 10.0. The Morgan fingerprint density at radius 2 is 1.93 bits per heavy atom. The lowest BCUT2D eigenvalue weighted by molar-refractivity contribution is -0.139. The molecule has 0 unspecified atom stereocenters. The van der Waals surface area contributed by atoms with Gasteiger partial charge in [-0.05, 0) is 42.2 Å². The first-order valence-electron chi connectivity index (χ1n) is 8.68. The van der Waals surface area contributed by atoms with E-state index in [-0.39, 0.29) is 11.7 Å².